The zero-order valence-electron chi connectivity index (χ0n) is 10.3. The summed E-state index contributed by atoms with van der Waals surface area (Å²) in [5.41, 5.74) is 0.765. The third-order valence-electron chi connectivity index (χ3n) is 3.04. The zero-order valence-corrected chi connectivity index (χ0v) is 11.8. The van der Waals surface area contributed by atoms with Gasteiger partial charge in [-0.05, 0) is 25.5 Å². The topological polar surface area (TPSA) is 32.7 Å². The molecule has 1 aromatic carbocycles. The van der Waals surface area contributed by atoms with Gasteiger partial charge in [-0.1, -0.05) is 23.2 Å². The molecule has 1 aromatic rings. The van der Waals surface area contributed by atoms with Gasteiger partial charge in [-0.15, -0.1) is 0 Å². The Morgan fingerprint density at radius 1 is 1.44 bits per heavy atom. The molecule has 1 saturated heterocycles. The number of phenols is 1. The molecule has 1 atom stereocenters. The molecule has 0 radical (unpaired) electrons. The molecule has 0 spiro atoms. The highest BCUT2D eigenvalue weighted by Gasteiger charge is 2.17. The van der Waals surface area contributed by atoms with E-state index >= 15 is 0 Å². The summed E-state index contributed by atoms with van der Waals surface area (Å²) in [5, 5.41) is 10.8. The van der Waals surface area contributed by atoms with Gasteiger partial charge in [0.25, 0.3) is 0 Å². The lowest BCUT2D eigenvalue weighted by Gasteiger charge is -2.22. The van der Waals surface area contributed by atoms with Gasteiger partial charge >= 0.3 is 0 Å². The summed E-state index contributed by atoms with van der Waals surface area (Å²) in [6.07, 6.45) is 1.21. The second kappa shape index (κ2) is 6.11. The predicted molar refractivity (Wildman–Crippen MR) is 73.4 cm³/mol. The number of aromatic hydroxyl groups is 1. The number of hydrogen-bond acceptors (Lipinski definition) is 3. The van der Waals surface area contributed by atoms with Crippen LogP contribution < -0.4 is 0 Å². The van der Waals surface area contributed by atoms with Crippen LogP contribution in [-0.2, 0) is 11.3 Å². The fourth-order valence-corrected chi connectivity index (χ4v) is 2.74. The van der Waals surface area contributed by atoms with Crippen molar-refractivity contribution in [1.29, 1.82) is 0 Å². The molecule has 0 amide bonds. The summed E-state index contributed by atoms with van der Waals surface area (Å²) in [5.74, 6) is 0.124. The summed E-state index contributed by atoms with van der Waals surface area (Å²) in [6, 6.07) is 3.31. The molecule has 1 unspecified atom stereocenters. The Balaban J connectivity index is 2.12. The van der Waals surface area contributed by atoms with Crippen molar-refractivity contribution < 1.29 is 9.84 Å². The number of nitrogens with zero attached hydrogens (tertiary/aromatic N) is 1. The van der Waals surface area contributed by atoms with Crippen LogP contribution in [0.15, 0.2) is 12.1 Å². The monoisotopic (exact) mass is 289 g/mol. The SMILES string of the molecule is CC1CN(Cc2cc(Cl)cc(Cl)c2O)CCCO1. The molecule has 0 bridgehead atoms. The van der Waals surface area contributed by atoms with Crippen LogP contribution in [0.1, 0.15) is 18.9 Å². The van der Waals surface area contributed by atoms with Gasteiger partial charge in [-0.3, -0.25) is 4.90 Å². The van der Waals surface area contributed by atoms with Gasteiger partial charge in [0, 0.05) is 36.8 Å². The second-order valence-electron chi connectivity index (χ2n) is 4.67. The van der Waals surface area contributed by atoms with Gasteiger partial charge in [-0.2, -0.15) is 0 Å². The van der Waals surface area contributed by atoms with Crippen molar-refractivity contribution in [3.8, 4) is 5.75 Å². The molecule has 3 nitrogen and oxygen atoms in total. The molecule has 0 aliphatic carbocycles. The maximum atomic E-state index is 9.94. The highest BCUT2D eigenvalue weighted by molar-refractivity contribution is 6.35. The average Bonchev–Trinajstić information content (AvgIpc) is 2.50. The third kappa shape index (κ3) is 3.51. The van der Waals surface area contributed by atoms with Gasteiger partial charge in [0.15, 0.2) is 0 Å². The van der Waals surface area contributed by atoms with E-state index in [1.807, 2.05) is 0 Å². The van der Waals surface area contributed by atoms with Crippen molar-refractivity contribution in [2.75, 3.05) is 19.7 Å². The molecule has 2 rings (SSSR count). The van der Waals surface area contributed by atoms with E-state index in [1.54, 1.807) is 12.1 Å². The Kier molecular flexibility index (Phi) is 4.73. The lowest BCUT2D eigenvalue weighted by Crippen LogP contribution is -2.29. The highest BCUT2D eigenvalue weighted by Crippen LogP contribution is 2.32. The Labute approximate surface area is 117 Å². The molecule has 1 heterocycles. The Hall–Kier alpha value is -0.480. The lowest BCUT2D eigenvalue weighted by molar-refractivity contribution is 0.0667. The zero-order chi connectivity index (χ0) is 13.1. The van der Waals surface area contributed by atoms with Crippen LogP contribution in [0.3, 0.4) is 0 Å². The minimum atomic E-state index is 0.124. The average molecular weight is 290 g/mol. The van der Waals surface area contributed by atoms with E-state index in [-0.39, 0.29) is 11.9 Å². The van der Waals surface area contributed by atoms with Crippen LogP contribution in [0.5, 0.6) is 5.75 Å². The highest BCUT2D eigenvalue weighted by atomic mass is 35.5. The van der Waals surface area contributed by atoms with Gasteiger partial charge in [0.2, 0.25) is 0 Å². The van der Waals surface area contributed by atoms with Crippen molar-refractivity contribution in [1.82, 2.24) is 4.90 Å². The molecule has 100 valence electrons. The van der Waals surface area contributed by atoms with E-state index in [9.17, 15) is 5.11 Å². The van der Waals surface area contributed by atoms with E-state index in [1.165, 1.54) is 0 Å². The number of phenolic OH excluding ortho intramolecular Hbond substituents is 1. The smallest absolute Gasteiger partial charge is 0.138 e. The number of ether oxygens (including phenoxy) is 1. The number of rotatable bonds is 2. The first-order valence-electron chi connectivity index (χ1n) is 6.07. The number of benzene rings is 1. The van der Waals surface area contributed by atoms with Crippen LogP contribution >= 0.6 is 23.2 Å². The second-order valence-corrected chi connectivity index (χ2v) is 5.51. The Morgan fingerprint density at radius 2 is 2.22 bits per heavy atom. The quantitative estimate of drug-likeness (QED) is 0.907. The van der Waals surface area contributed by atoms with Crippen LogP contribution in [-0.4, -0.2) is 35.8 Å². The van der Waals surface area contributed by atoms with Crippen LogP contribution in [0.4, 0.5) is 0 Å². The first-order chi connectivity index (χ1) is 8.56. The molecule has 0 aromatic heterocycles. The largest absolute Gasteiger partial charge is 0.506 e. The fourth-order valence-electron chi connectivity index (χ4n) is 2.20. The van der Waals surface area contributed by atoms with Gasteiger partial charge < -0.3 is 9.84 Å². The molecule has 1 fully saturated rings. The van der Waals surface area contributed by atoms with Crippen molar-refractivity contribution in [2.24, 2.45) is 0 Å². The summed E-state index contributed by atoms with van der Waals surface area (Å²) < 4.78 is 5.59. The summed E-state index contributed by atoms with van der Waals surface area (Å²) in [4.78, 5) is 2.25. The van der Waals surface area contributed by atoms with Gasteiger partial charge in [0.1, 0.15) is 5.75 Å². The molecule has 1 aliphatic heterocycles. The van der Waals surface area contributed by atoms with Crippen molar-refractivity contribution in [3.63, 3.8) is 0 Å². The summed E-state index contributed by atoms with van der Waals surface area (Å²) in [6.45, 7) is 5.29. The van der Waals surface area contributed by atoms with E-state index in [2.05, 4.69) is 11.8 Å². The first-order valence-corrected chi connectivity index (χ1v) is 6.82. The molecule has 5 heteroatoms. The van der Waals surface area contributed by atoms with E-state index in [0.717, 1.165) is 31.7 Å². The van der Waals surface area contributed by atoms with Crippen molar-refractivity contribution in [2.45, 2.75) is 26.0 Å². The summed E-state index contributed by atoms with van der Waals surface area (Å²) in [7, 11) is 0. The minimum absolute atomic E-state index is 0.124. The molecule has 0 saturated carbocycles. The molecular formula is C13H17Cl2NO2. The van der Waals surface area contributed by atoms with E-state index in [4.69, 9.17) is 27.9 Å². The standard InChI is InChI=1S/C13H17Cl2NO2/c1-9-7-16(3-2-4-18-9)8-10-5-11(14)6-12(15)13(10)17/h5-6,9,17H,2-4,7-8H2,1H3. The van der Waals surface area contributed by atoms with E-state index in [0.29, 0.717) is 16.6 Å². The fraction of sp³-hybridized carbons (Fsp3) is 0.538. The van der Waals surface area contributed by atoms with Crippen LogP contribution in [0.2, 0.25) is 10.0 Å². The molecule has 1 N–H and O–H groups in total. The third-order valence-corrected chi connectivity index (χ3v) is 3.54. The van der Waals surface area contributed by atoms with E-state index < -0.39 is 0 Å². The van der Waals surface area contributed by atoms with Gasteiger partial charge in [0.05, 0.1) is 11.1 Å². The summed E-state index contributed by atoms with van der Waals surface area (Å²) >= 11 is 11.9. The molecule has 18 heavy (non-hydrogen) atoms. The predicted octanol–water partition coefficient (Wildman–Crippen LogP) is 3.31. The number of hydrogen-bond donors (Lipinski definition) is 1. The Morgan fingerprint density at radius 3 is 3.00 bits per heavy atom. The molecular weight excluding hydrogens is 273 g/mol. The number of halogens is 2. The van der Waals surface area contributed by atoms with Crippen LogP contribution in [0.25, 0.3) is 0 Å². The van der Waals surface area contributed by atoms with Gasteiger partial charge in [-0.25, -0.2) is 0 Å². The van der Waals surface area contributed by atoms with Crippen molar-refractivity contribution in [3.05, 3.63) is 27.7 Å². The van der Waals surface area contributed by atoms with Crippen LogP contribution in [0, 0.1) is 0 Å². The normalized spacial score (nSPS) is 21.8. The lowest BCUT2D eigenvalue weighted by atomic mass is 10.1. The Bertz CT molecular complexity index is 426. The van der Waals surface area contributed by atoms with Crippen molar-refractivity contribution >= 4 is 23.2 Å². The maximum absolute atomic E-state index is 9.94. The first kappa shape index (κ1) is 13.9. The maximum Gasteiger partial charge on any atom is 0.138 e. The molecule has 1 aliphatic rings. The minimum Gasteiger partial charge on any atom is -0.506 e.